The summed E-state index contributed by atoms with van der Waals surface area (Å²) in [5.74, 6) is 6.21. The summed E-state index contributed by atoms with van der Waals surface area (Å²) in [6, 6.07) is 1.21. The molecule has 0 aromatic carbocycles. The first kappa shape index (κ1) is 15.1. The van der Waals surface area contributed by atoms with E-state index in [0.29, 0.717) is 37.9 Å². The highest BCUT2D eigenvalue weighted by Crippen LogP contribution is 2.21. The SMILES string of the molecule is C[C@@H]1CCC[C@@H](C)N1CC#CCCN1C(=O)CCC1=O. The number of carbonyl (C=O) groups is 2. The maximum Gasteiger partial charge on any atom is 0.229 e. The molecule has 4 heteroatoms. The molecular weight excluding hydrogens is 252 g/mol. The Morgan fingerprint density at radius 3 is 2.25 bits per heavy atom. The summed E-state index contributed by atoms with van der Waals surface area (Å²) in [5, 5.41) is 0. The van der Waals surface area contributed by atoms with Crippen LogP contribution in [0.15, 0.2) is 0 Å². The molecule has 2 saturated heterocycles. The molecule has 2 fully saturated rings. The van der Waals surface area contributed by atoms with E-state index < -0.39 is 0 Å². The van der Waals surface area contributed by atoms with Crippen molar-refractivity contribution in [3.8, 4) is 11.8 Å². The minimum Gasteiger partial charge on any atom is -0.287 e. The molecule has 0 saturated carbocycles. The third-order valence-electron chi connectivity index (χ3n) is 4.38. The molecule has 2 aliphatic heterocycles. The van der Waals surface area contributed by atoms with Crippen LogP contribution in [-0.4, -0.2) is 46.8 Å². The monoisotopic (exact) mass is 276 g/mol. The van der Waals surface area contributed by atoms with Gasteiger partial charge in [0, 0.05) is 37.9 Å². The van der Waals surface area contributed by atoms with E-state index in [1.807, 2.05) is 0 Å². The predicted octanol–water partition coefficient (Wildman–Crippen LogP) is 1.79. The highest BCUT2D eigenvalue weighted by atomic mass is 16.2. The van der Waals surface area contributed by atoms with Crippen molar-refractivity contribution in [2.45, 2.75) is 64.5 Å². The Hall–Kier alpha value is -1.34. The zero-order valence-electron chi connectivity index (χ0n) is 12.5. The number of piperidine rings is 1. The van der Waals surface area contributed by atoms with E-state index in [-0.39, 0.29) is 11.8 Å². The molecule has 2 rings (SSSR count). The van der Waals surface area contributed by atoms with E-state index in [0.717, 1.165) is 6.54 Å². The molecule has 0 aliphatic carbocycles. The summed E-state index contributed by atoms with van der Waals surface area (Å²) in [6.07, 6.45) is 5.15. The van der Waals surface area contributed by atoms with Gasteiger partial charge in [0.2, 0.25) is 11.8 Å². The highest BCUT2D eigenvalue weighted by Gasteiger charge is 2.27. The van der Waals surface area contributed by atoms with Crippen molar-refractivity contribution in [1.29, 1.82) is 0 Å². The van der Waals surface area contributed by atoms with Gasteiger partial charge in [-0.15, -0.1) is 5.92 Å². The number of hydrogen-bond donors (Lipinski definition) is 0. The summed E-state index contributed by atoms with van der Waals surface area (Å²) < 4.78 is 0. The largest absolute Gasteiger partial charge is 0.287 e. The topological polar surface area (TPSA) is 40.6 Å². The van der Waals surface area contributed by atoms with E-state index in [2.05, 4.69) is 30.6 Å². The summed E-state index contributed by atoms with van der Waals surface area (Å²) in [5.41, 5.74) is 0. The van der Waals surface area contributed by atoms with Crippen LogP contribution in [-0.2, 0) is 9.59 Å². The normalized spacial score (nSPS) is 27.6. The smallest absolute Gasteiger partial charge is 0.229 e. The molecule has 0 unspecified atom stereocenters. The van der Waals surface area contributed by atoms with Crippen LogP contribution < -0.4 is 0 Å². The van der Waals surface area contributed by atoms with Gasteiger partial charge in [-0.1, -0.05) is 12.3 Å². The third kappa shape index (κ3) is 3.61. The van der Waals surface area contributed by atoms with Gasteiger partial charge in [-0.05, 0) is 26.7 Å². The summed E-state index contributed by atoms with van der Waals surface area (Å²) >= 11 is 0. The van der Waals surface area contributed by atoms with E-state index in [1.165, 1.54) is 24.2 Å². The van der Waals surface area contributed by atoms with E-state index in [9.17, 15) is 9.59 Å². The Morgan fingerprint density at radius 1 is 1.05 bits per heavy atom. The molecule has 2 atom stereocenters. The quantitative estimate of drug-likeness (QED) is 0.583. The number of hydrogen-bond acceptors (Lipinski definition) is 3. The van der Waals surface area contributed by atoms with Crippen LogP contribution in [0.25, 0.3) is 0 Å². The molecular formula is C16H24N2O2. The molecule has 0 spiro atoms. The van der Waals surface area contributed by atoms with Crippen molar-refractivity contribution < 1.29 is 9.59 Å². The van der Waals surface area contributed by atoms with E-state index >= 15 is 0 Å². The Balaban J connectivity index is 1.74. The van der Waals surface area contributed by atoms with E-state index in [1.54, 1.807) is 0 Å². The molecule has 0 N–H and O–H groups in total. The fourth-order valence-electron chi connectivity index (χ4n) is 3.06. The Bertz CT molecular complexity index is 409. The second kappa shape index (κ2) is 6.90. The summed E-state index contributed by atoms with van der Waals surface area (Å²) in [6.45, 7) is 5.78. The van der Waals surface area contributed by atoms with Crippen LogP contribution in [0.2, 0.25) is 0 Å². The van der Waals surface area contributed by atoms with Crippen LogP contribution >= 0.6 is 0 Å². The van der Waals surface area contributed by atoms with Crippen molar-refractivity contribution in [3.05, 3.63) is 0 Å². The summed E-state index contributed by atoms with van der Waals surface area (Å²) in [7, 11) is 0. The number of amides is 2. The average Bonchev–Trinajstić information content (AvgIpc) is 2.72. The van der Waals surface area contributed by atoms with Gasteiger partial charge in [-0.3, -0.25) is 19.4 Å². The van der Waals surface area contributed by atoms with Crippen molar-refractivity contribution in [1.82, 2.24) is 9.80 Å². The van der Waals surface area contributed by atoms with E-state index in [4.69, 9.17) is 0 Å². The first-order valence-electron chi connectivity index (χ1n) is 7.64. The summed E-state index contributed by atoms with van der Waals surface area (Å²) in [4.78, 5) is 26.7. The Labute approximate surface area is 121 Å². The lowest BCUT2D eigenvalue weighted by Crippen LogP contribution is -2.43. The molecule has 4 nitrogen and oxygen atoms in total. The minimum atomic E-state index is -0.0462. The van der Waals surface area contributed by atoms with Crippen LogP contribution in [0.4, 0.5) is 0 Å². The van der Waals surface area contributed by atoms with Crippen molar-refractivity contribution in [2.24, 2.45) is 0 Å². The predicted molar refractivity (Wildman–Crippen MR) is 77.8 cm³/mol. The molecule has 0 radical (unpaired) electrons. The second-order valence-electron chi connectivity index (χ2n) is 5.84. The highest BCUT2D eigenvalue weighted by molar-refractivity contribution is 6.01. The van der Waals surface area contributed by atoms with Gasteiger partial charge in [-0.25, -0.2) is 0 Å². The number of nitrogens with zero attached hydrogens (tertiary/aromatic N) is 2. The van der Waals surface area contributed by atoms with Gasteiger partial charge in [0.05, 0.1) is 6.54 Å². The van der Waals surface area contributed by atoms with Crippen LogP contribution in [0.1, 0.15) is 52.4 Å². The number of rotatable bonds is 3. The van der Waals surface area contributed by atoms with Crippen molar-refractivity contribution in [3.63, 3.8) is 0 Å². The lowest BCUT2D eigenvalue weighted by atomic mass is 9.98. The van der Waals surface area contributed by atoms with Crippen molar-refractivity contribution >= 4 is 11.8 Å². The number of imide groups is 1. The van der Waals surface area contributed by atoms with Crippen LogP contribution in [0, 0.1) is 11.8 Å². The second-order valence-corrected chi connectivity index (χ2v) is 5.84. The molecule has 2 amide bonds. The molecule has 2 heterocycles. The Kier molecular flexibility index (Phi) is 5.19. The molecule has 2 aliphatic rings. The van der Waals surface area contributed by atoms with Crippen LogP contribution in [0.5, 0.6) is 0 Å². The third-order valence-corrected chi connectivity index (χ3v) is 4.38. The zero-order chi connectivity index (χ0) is 14.5. The fourth-order valence-corrected chi connectivity index (χ4v) is 3.06. The first-order valence-corrected chi connectivity index (χ1v) is 7.64. The van der Waals surface area contributed by atoms with Gasteiger partial charge in [-0.2, -0.15) is 0 Å². The van der Waals surface area contributed by atoms with Gasteiger partial charge < -0.3 is 0 Å². The van der Waals surface area contributed by atoms with Crippen LogP contribution in [0.3, 0.4) is 0 Å². The fraction of sp³-hybridized carbons (Fsp3) is 0.750. The molecule has 20 heavy (non-hydrogen) atoms. The average molecular weight is 276 g/mol. The lowest BCUT2D eigenvalue weighted by molar-refractivity contribution is -0.138. The molecule has 0 aromatic heterocycles. The number of likely N-dealkylation sites (tertiary alicyclic amines) is 2. The van der Waals surface area contributed by atoms with Crippen molar-refractivity contribution in [2.75, 3.05) is 13.1 Å². The number of carbonyl (C=O) groups excluding carboxylic acids is 2. The molecule has 110 valence electrons. The maximum atomic E-state index is 11.4. The lowest BCUT2D eigenvalue weighted by Gasteiger charge is -2.37. The zero-order valence-corrected chi connectivity index (χ0v) is 12.5. The standard InChI is InChI=1S/C16H24N2O2/c1-13-7-6-8-14(2)17(13)11-4-3-5-12-18-15(19)9-10-16(18)20/h13-14H,5-12H2,1-2H3/t13-,14-/m1/s1. The van der Waals surface area contributed by atoms with Gasteiger partial charge in [0.15, 0.2) is 0 Å². The molecule has 0 aromatic rings. The maximum absolute atomic E-state index is 11.4. The molecule has 0 bridgehead atoms. The van der Waals surface area contributed by atoms with Gasteiger partial charge in [0.1, 0.15) is 0 Å². The van der Waals surface area contributed by atoms with Gasteiger partial charge >= 0.3 is 0 Å². The Morgan fingerprint density at radius 2 is 1.65 bits per heavy atom. The minimum absolute atomic E-state index is 0.0462. The first-order chi connectivity index (χ1) is 9.59. The van der Waals surface area contributed by atoms with Gasteiger partial charge in [0.25, 0.3) is 0 Å².